The fraction of sp³-hybridized carbons (Fsp3) is 0.667. The molecule has 4 nitrogen and oxygen atoms in total. The van der Waals surface area contributed by atoms with Gasteiger partial charge in [0, 0.05) is 14.1 Å². The zero-order valence-electron chi connectivity index (χ0n) is 6.71. The number of urea groups is 2. The Balaban J connectivity index is 0.000000371. The molecule has 1 fully saturated rings. The zero-order valence-corrected chi connectivity index (χ0v) is 6.71. The van der Waals surface area contributed by atoms with Gasteiger partial charge in [-0.25, -0.2) is 19.4 Å². The van der Waals surface area contributed by atoms with E-state index in [4.69, 9.17) is 0 Å². The fourth-order valence-corrected chi connectivity index (χ4v) is 0.569. The molecular weight excluding hydrogens is 132 g/mol. The molecule has 10 heavy (non-hydrogen) atoms. The summed E-state index contributed by atoms with van der Waals surface area (Å²) < 4.78 is 0. The Hall–Kier alpha value is -1.06. The van der Waals surface area contributed by atoms with E-state index < -0.39 is 0 Å². The predicted octanol–water partition coefficient (Wildman–Crippen LogP) is 1.13. The van der Waals surface area contributed by atoms with Gasteiger partial charge in [-0.05, 0) is 0 Å². The van der Waals surface area contributed by atoms with Crippen LogP contribution in [-0.4, -0.2) is 36.0 Å². The minimum absolute atomic E-state index is 0.241. The van der Waals surface area contributed by atoms with E-state index in [0.29, 0.717) is 0 Å². The molecule has 0 saturated carbocycles. The number of hydrogen-bond donors (Lipinski definition) is 0. The van der Waals surface area contributed by atoms with Crippen molar-refractivity contribution >= 4 is 12.1 Å². The Bertz CT molecular complexity index is 126. The predicted molar refractivity (Wildman–Crippen MR) is 37.7 cm³/mol. The first-order valence-corrected chi connectivity index (χ1v) is 3.20. The maximum absolute atomic E-state index is 10.4. The highest BCUT2D eigenvalue weighted by Gasteiger charge is 2.36. The molecule has 1 rings (SSSR count). The number of nitrogens with zero attached hydrogens (tertiary/aromatic N) is 2. The van der Waals surface area contributed by atoms with Crippen molar-refractivity contribution in [1.82, 2.24) is 9.80 Å². The summed E-state index contributed by atoms with van der Waals surface area (Å²) in [5.74, 6) is 0. The van der Waals surface area contributed by atoms with E-state index in [2.05, 4.69) is 0 Å². The molecule has 0 spiro atoms. The van der Waals surface area contributed by atoms with Crippen LogP contribution in [0.25, 0.3) is 0 Å². The number of carbonyl (C=O) groups is 2. The molecule has 1 heterocycles. The second-order valence-corrected chi connectivity index (χ2v) is 1.68. The topological polar surface area (TPSA) is 40.6 Å². The Morgan fingerprint density at radius 1 is 0.900 bits per heavy atom. The van der Waals surface area contributed by atoms with E-state index in [1.165, 1.54) is 14.1 Å². The van der Waals surface area contributed by atoms with Crippen LogP contribution in [0.1, 0.15) is 13.8 Å². The number of carbonyl (C=O) groups excluding carboxylic acids is 2. The first-order valence-electron chi connectivity index (χ1n) is 3.20. The van der Waals surface area contributed by atoms with Gasteiger partial charge in [-0.2, -0.15) is 0 Å². The molecule has 4 heteroatoms. The monoisotopic (exact) mass is 144 g/mol. The summed E-state index contributed by atoms with van der Waals surface area (Å²) in [4.78, 5) is 22.9. The summed E-state index contributed by atoms with van der Waals surface area (Å²) in [6, 6.07) is -0.481. The van der Waals surface area contributed by atoms with E-state index in [-0.39, 0.29) is 12.1 Å². The Morgan fingerprint density at radius 2 is 1.10 bits per heavy atom. The summed E-state index contributed by atoms with van der Waals surface area (Å²) in [6.07, 6.45) is 0. The third-order valence-electron chi connectivity index (χ3n) is 1.15. The molecule has 0 aromatic heterocycles. The lowest BCUT2D eigenvalue weighted by molar-refractivity contribution is 0.125. The second-order valence-electron chi connectivity index (χ2n) is 1.68. The van der Waals surface area contributed by atoms with Gasteiger partial charge in [-0.3, -0.25) is 0 Å². The highest BCUT2D eigenvalue weighted by molar-refractivity contribution is 6.11. The lowest BCUT2D eigenvalue weighted by Crippen LogP contribution is -2.59. The summed E-state index contributed by atoms with van der Waals surface area (Å²) >= 11 is 0. The third-order valence-corrected chi connectivity index (χ3v) is 1.15. The van der Waals surface area contributed by atoms with Crippen LogP contribution < -0.4 is 0 Å². The smallest absolute Gasteiger partial charge is 0.248 e. The maximum atomic E-state index is 10.4. The van der Waals surface area contributed by atoms with Crippen molar-refractivity contribution in [2.75, 3.05) is 14.1 Å². The van der Waals surface area contributed by atoms with Gasteiger partial charge in [-0.15, -0.1) is 0 Å². The largest absolute Gasteiger partial charge is 0.335 e. The number of imide groups is 2. The molecule has 1 saturated heterocycles. The van der Waals surface area contributed by atoms with Gasteiger partial charge >= 0.3 is 12.1 Å². The average Bonchev–Trinajstić information content (AvgIpc) is 2.04. The first kappa shape index (κ1) is 8.94. The SMILES string of the molecule is CC.CN1C(=O)N(C)C1=O. The fourth-order valence-electron chi connectivity index (χ4n) is 0.569. The molecule has 1 aliphatic heterocycles. The molecule has 0 unspecified atom stereocenters. The van der Waals surface area contributed by atoms with Crippen molar-refractivity contribution < 1.29 is 9.59 Å². The molecule has 4 amide bonds. The van der Waals surface area contributed by atoms with Crippen molar-refractivity contribution in [2.45, 2.75) is 13.8 Å². The lowest BCUT2D eigenvalue weighted by atomic mass is 10.5. The van der Waals surface area contributed by atoms with Gasteiger partial charge in [0.05, 0.1) is 0 Å². The lowest BCUT2D eigenvalue weighted by Gasteiger charge is -2.32. The Kier molecular flexibility index (Phi) is 2.86. The van der Waals surface area contributed by atoms with Crippen molar-refractivity contribution in [3.05, 3.63) is 0 Å². The van der Waals surface area contributed by atoms with E-state index in [1.54, 1.807) is 0 Å². The van der Waals surface area contributed by atoms with Crippen LogP contribution in [0.15, 0.2) is 0 Å². The molecule has 0 bridgehead atoms. The molecule has 1 aliphatic rings. The van der Waals surface area contributed by atoms with Gasteiger partial charge in [0.2, 0.25) is 0 Å². The van der Waals surface area contributed by atoms with E-state index in [9.17, 15) is 9.59 Å². The van der Waals surface area contributed by atoms with E-state index >= 15 is 0 Å². The minimum atomic E-state index is -0.241. The molecule has 0 N–H and O–H groups in total. The van der Waals surface area contributed by atoms with Crippen LogP contribution in [-0.2, 0) is 0 Å². The van der Waals surface area contributed by atoms with Crippen LogP contribution >= 0.6 is 0 Å². The van der Waals surface area contributed by atoms with Crippen LogP contribution in [0.2, 0.25) is 0 Å². The molecule has 0 aromatic rings. The number of hydrogen-bond acceptors (Lipinski definition) is 2. The molecule has 0 radical (unpaired) electrons. The Morgan fingerprint density at radius 3 is 1.20 bits per heavy atom. The summed E-state index contributed by atoms with van der Waals surface area (Å²) in [7, 11) is 2.90. The number of amides is 4. The van der Waals surface area contributed by atoms with Crippen molar-refractivity contribution in [2.24, 2.45) is 0 Å². The van der Waals surface area contributed by atoms with E-state index in [1.807, 2.05) is 13.8 Å². The number of rotatable bonds is 0. The summed E-state index contributed by atoms with van der Waals surface area (Å²) in [5, 5.41) is 0. The molecule has 58 valence electrons. The van der Waals surface area contributed by atoms with Crippen LogP contribution in [0.5, 0.6) is 0 Å². The normalized spacial score (nSPS) is 16.0. The van der Waals surface area contributed by atoms with Crippen LogP contribution in [0.3, 0.4) is 0 Å². The van der Waals surface area contributed by atoms with Crippen LogP contribution in [0, 0.1) is 0 Å². The van der Waals surface area contributed by atoms with Gasteiger partial charge in [0.15, 0.2) is 0 Å². The summed E-state index contributed by atoms with van der Waals surface area (Å²) in [5.41, 5.74) is 0. The highest BCUT2D eigenvalue weighted by atomic mass is 16.2. The van der Waals surface area contributed by atoms with E-state index in [0.717, 1.165) is 9.80 Å². The third kappa shape index (κ3) is 1.10. The molecule has 0 aliphatic carbocycles. The van der Waals surface area contributed by atoms with Crippen molar-refractivity contribution in [1.29, 1.82) is 0 Å². The minimum Gasteiger partial charge on any atom is -0.248 e. The van der Waals surface area contributed by atoms with Crippen molar-refractivity contribution in [3.8, 4) is 0 Å². The zero-order chi connectivity index (χ0) is 8.31. The maximum Gasteiger partial charge on any atom is 0.335 e. The molecule has 0 atom stereocenters. The Labute approximate surface area is 60.4 Å². The van der Waals surface area contributed by atoms with Gasteiger partial charge in [0.1, 0.15) is 0 Å². The quantitative estimate of drug-likeness (QED) is 0.511. The average molecular weight is 144 g/mol. The molecule has 0 aromatic carbocycles. The van der Waals surface area contributed by atoms with Crippen molar-refractivity contribution in [3.63, 3.8) is 0 Å². The van der Waals surface area contributed by atoms with Crippen LogP contribution in [0.4, 0.5) is 9.59 Å². The summed E-state index contributed by atoms with van der Waals surface area (Å²) in [6.45, 7) is 4.00. The molecular formula is C6H12N2O2. The second kappa shape index (κ2) is 3.20. The van der Waals surface area contributed by atoms with Gasteiger partial charge < -0.3 is 0 Å². The first-order chi connectivity index (χ1) is 4.64. The van der Waals surface area contributed by atoms with Gasteiger partial charge in [-0.1, -0.05) is 13.8 Å². The highest BCUT2D eigenvalue weighted by Crippen LogP contribution is 2.08. The van der Waals surface area contributed by atoms with Gasteiger partial charge in [0.25, 0.3) is 0 Å². The standard InChI is InChI=1S/C4H6N2O2.C2H6/c1-5-3(7)6(2)4(5)8;1-2/h1-2H3;1-2H3.